The summed E-state index contributed by atoms with van der Waals surface area (Å²) in [5.41, 5.74) is 0.899. The van der Waals surface area contributed by atoms with E-state index in [4.69, 9.17) is 4.74 Å². The highest BCUT2D eigenvalue weighted by Crippen LogP contribution is 2.29. The molecule has 2 amide bonds. The van der Waals surface area contributed by atoms with Gasteiger partial charge in [0.1, 0.15) is 5.60 Å². The molecule has 2 heterocycles. The van der Waals surface area contributed by atoms with Crippen molar-refractivity contribution in [3.63, 3.8) is 0 Å². The molecule has 1 saturated heterocycles. The molecule has 0 atom stereocenters. The second-order valence-electron chi connectivity index (χ2n) is 9.16. The van der Waals surface area contributed by atoms with Gasteiger partial charge in [0, 0.05) is 31.2 Å². The Morgan fingerprint density at radius 3 is 2.55 bits per heavy atom. The van der Waals surface area contributed by atoms with E-state index in [1.165, 1.54) is 0 Å². The zero-order valence-electron chi connectivity index (χ0n) is 18.4. The van der Waals surface area contributed by atoms with E-state index in [0.717, 1.165) is 34.5 Å². The zero-order valence-corrected chi connectivity index (χ0v) is 18.4. The van der Waals surface area contributed by atoms with Crippen LogP contribution in [0.5, 0.6) is 0 Å². The number of hydrogen-bond acceptors (Lipinski definition) is 4. The first-order valence-electron chi connectivity index (χ1n) is 10.8. The van der Waals surface area contributed by atoms with Gasteiger partial charge >= 0.3 is 6.09 Å². The van der Waals surface area contributed by atoms with Crippen LogP contribution in [0.25, 0.3) is 21.7 Å². The summed E-state index contributed by atoms with van der Waals surface area (Å²) in [4.78, 5) is 31.7. The second kappa shape index (κ2) is 8.53. The number of carbonyl (C=O) groups excluding carboxylic acids is 2. The van der Waals surface area contributed by atoms with Crippen LogP contribution in [0.4, 0.5) is 4.79 Å². The summed E-state index contributed by atoms with van der Waals surface area (Å²) in [6.07, 6.45) is 3.04. The number of fused-ring (bicyclic) bond motifs is 3. The third-order valence-corrected chi connectivity index (χ3v) is 5.68. The van der Waals surface area contributed by atoms with Crippen molar-refractivity contribution in [2.45, 2.75) is 39.2 Å². The van der Waals surface area contributed by atoms with Gasteiger partial charge in [0.15, 0.2) is 0 Å². The van der Waals surface area contributed by atoms with Crippen molar-refractivity contribution in [1.29, 1.82) is 0 Å². The summed E-state index contributed by atoms with van der Waals surface area (Å²) in [7, 11) is 0. The molecule has 6 nitrogen and oxygen atoms in total. The molecular weight excluding hydrogens is 390 g/mol. The SMILES string of the molecule is CC(C)(C)OC(=O)NCC1CCN(C(=O)c2cc3ccccc3c3cccnc23)CC1. The van der Waals surface area contributed by atoms with Crippen LogP contribution in [0.1, 0.15) is 44.0 Å². The molecule has 0 unspecified atom stereocenters. The Labute approximate surface area is 182 Å². The number of ether oxygens (including phenoxy) is 1. The highest BCUT2D eigenvalue weighted by molar-refractivity contribution is 6.15. The first-order valence-corrected chi connectivity index (χ1v) is 10.8. The van der Waals surface area contributed by atoms with Crippen LogP contribution in [-0.4, -0.2) is 47.1 Å². The number of aromatic nitrogens is 1. The Kier molecular flexibility index (Phi) is 5.81. The van der Waals surface area contributed by atoms with E-state index < -0.39 is 5.60 Å². The lowest BCUT2D eigenvalue weighted by atomic mass is 9.95. The van der Waals surface area contributed by atoms with Crippen LogP contribution in [0.15, 0.2) is 48.7 Å². The number of nitrogens with one attached hydrogen (secondary N) is 1. The fourth-order valence-electron chi connectivity index (χ4n) is 4.14. The maximum atomic E-state index is 13.4. The molecule has 31 heavy (non-hydrogen) atoms. The van der Waals surface area contributed by atoms with Gasteiger partial charge in [-0.3, -0.25) is 9.78 Å². The largest absolute Gasteiger partial charge is 0.444 e. The first kappa shape index (κ1) is 21.1. The van der Waals surface area contributed by atoms with Crippen LogP contribution in [0.3, 0.4) is 0 Å². The molecule has 0 bridgehead atoms. The monoisotopic (exact) mass is 419 g/mol. The average Bonchev–Trinajstić information content (AvgIpc) is 2.76. The summed E-state index contributed by atoms with van der Waals surface area (Å²) in [6.45, 7) is 7.45. The van der Waals surface area contributed by atoms with Gasteiger partial charge in [-0.1, -0.05) is 30.3 Å². The van der Waals surface area contributed by atoms with Crippen molar-refractivity contribution in [1.82, 2.24) is 15.2 Å². The minimum atomic E-state index is -0.503. The minimum absolute atomic E-state index is 0.0213. The molecule has 1 aliphatic rings. The van der Waals surface area contributed by atoms with E-state index in [2.05, 4.69) is 16.4 Å². The van der Waals surface area contributed by atoms with Crippen LogP contribution >= 0.6 is 0 Å². The standard InChI is InChI=1S/C25H29N3O3/c1-25(2,3)31-24(30)27-16-17-10-13-28(14-11-17)23(29)21-15-18-7-4-5-8-19(18)20-9-6-12-26-22(20)21/h4-9,12,15,17H,10-11,13-14,16H2,1-3H3,(H,27,30). The Hall–Kier alpha value is -3.15. The van der Waals surface area contributed by atoms with E-state index in [0.29, 0.717) is 31.1 Å². The number of benzene rings is 2. The van der Waals surface area contributed by atoms with E-state index in [1.807, 2.05) is 62.1 Å². The van der Waals surface area contributed by atoms with Gasteiger partial charge in [-0.25, -0.2) is 4.79 Å². The number of hydrogen-bond donors (Lipinski definition) is 1. The first-order chi connectivity index (χ1) is 14.8. The van der Waals surface area contributed by atoms with Gasteiger partial charge < -0.3 is 15.0 Å². The second-order valence-corrected chi connectivity index (χ2v) is 9.16. The number of piperidine rings is 1. The molecule has 1 fully saturated rings. The fraction of sp³-hybridized carbons (Fsp3) is 0.400. The fourth-order valence-corrected chi connectivity index (χ4v) is 4.14. The summed E-state index contributed by atoms with van der Waals surface area (Å²) in [5, 5.41) is 6.00. The maximum absolute atomic E-state index is 13.4. The molecule has 0 aliphatic carbocycles. The third-order valence-electron chi connectivity index (χ3n) is 5.68. The van der Waals surface area contributed by atoms with Crippen molar-refractivity contribution in [3.8, 4) is 0 Å². The molecule has 1 N–H and O–H groups in total. The Morgan fingerprint density at radius 2 is 1.81 bits per heavy atom. The van der Waals surface area contributed by atoms with E-state index in [-0.39, 0.29) is 12.0 Å². The number of rotatable bonds is 3. The van der Waals surface area contributed by atoms with Crippen LogP contribution in [0, 0.1) is 5.92 Å². The number of amides is 2. The summed E-state index contributed by atoms with van der Waals surface area (Å²) in [5.74, 6) is 0.357. The number of pyridine rings is 1. The quantitative estimate of drug-likeness (QED) is 0.621. The molecule has 0 spiro atoms. The third kappa shape index (κ3) is 4.79. The normalized spacial score (nSPS) is 15.3. The lowest BCUT2D eigenvalue weighted by molar-refractivity contribution is 0.0500. The van der Waals surface area contributed by atoms with Crippen molar-refractivity contribution >= 4 is 33.7 Å². The number of likely N-dealkylation sites (tertiary alicyclic amines) is 1. The number of carbonyl (C=O) groups is 2. The predicted octanol–water partition coefficient (Wildman–Crippen LogP) is 4.76. The Morgan fingerprint density at radius 1 is 1.10 bits per heavy atom. The number of nitrogens with zero attached hydrogens (tertiary/aromatic N) is 2. The van der Waals surface area contributed by atoms with E-state index in [9.17, 15) is 9.59 Å². The molecule has 0 radical (unpaired) electrons. The lowest BCUT2D eigenvalue weighted by Gasteiger charge is -2.32. The highest BCUT2D eigenvalue weighted by Gasteiger charge is 2.26. The van der Waals surface area contributed by atoms with Gasteiger partial charge in [-0.15, -0.1) is 0 Å². The molecule has 4 rings (SSSR count). The zero-order chi connectivity index (χ0) is 22.0. The van der Waals surface area contributed by atoms with E-state index >= 15 is 0 Å². The molecular formula is C25H29N3O3. The van der Waals surface area contributed by atoms with Crippen molar-refractivity contribution in [2.24, 2.45) is 5.92 Å². The van der Waals surface area contributed by atoms with Gasteiger partial charge in [0.25, 0.3) is 5.91 Å². The van der Waals surface area contributed by atoms with Gasteiger partial charge in [0.2, 0.25) is 0 Å². The lowest BCUT2D eigenvalue weighted by Crippen LogP contribution is -2.42. The molecule has 3 aromatic rings. The molecule has 1 aromatic heterocycles. The molecule has 2 aromatic carbocycles. The Balaban J connectivity index is 1.44. The molecule has 6 heteroatoms. The van der Waals surface area contributed by atoms with E-state index in [1.54, 1.807) is 6.20 Å². The van der Waals surface area contributed by atoms with Gasteiger partial charge in [0.05, 0.1) is 11.1 Å². The van der Waals surface area contributed by atoms with Crippen LogP contribution < -0.4 is 5.32 Å². The molecule has 1 aliphatic heterocycles. The highest BCUT2D eigenvalue weighted by atomic mass is 16.6. The summed E-state index contributed by atoms with van der Waals surface area (Å²) < 4.78 is 5.30. The van der Waals surface area contributed by atoms with Crippen LogP contribution in [0.2, 0.25) is 0 Å². The summed E-state index contributed by atoms with van der Waals surface area (Å²) >= 11 is 0. The van der Waals surface area contributed by atoms with Crippen LogP contribution in [-0.2, 0) is 4.74 Å². The Bertz CT molecular complexity index is 1110. The van der Waals surface area contributed by atoms with Crippen molar-refractivity contribution in [2.75, 3.05) is 19.6 Å². The smallest absolute Gasteiger partial charge is 0.407 e. The van der Waals surface area contributed by atoms with Crippen molar-refractivity contribution < 1.29 is 14.3 Å². The average molecular weight is 420 g/mol. The summed E-state index contributed by atoms with van der Waals surface area (Å²) in [6, 6.07) is 14.0. The molecule has 162 valence electrons. The number of alkyl carbamates (subject to hydrolysis) is 1. The van der Waals surface area contributed by atoms with Crippen molar-refractivity contribution in [3.05, 3.63) is 54.2 Å². The minimum Gasteiger partial charge on any atom is -0.444 e. The molecule has 0 saturated carbocycles. The maximum Gasteiger partial charge on any atom is 0.407 e. The predicted molar refractivity (Wildman–Crippen MR) is 122 cm³/mol. The topological polar surface area (TPSA) is 71.5 Å². The van der Waals surface area contributed by atoms with Gasteiger partial charge in [-0.05, 0) is 62.4 Å². The van der Waals surface area contributed by atoms with Gasteiger partial charge in [-0.2, -0.15) is 0 Å².